The minimum absolute atomic E-state index is 0.101. The molecule has 1 amide bonds. The zero-order chi connectivity index (χ0) is 29.6. The molecule has 2 aliphatic rings. The number of hydrogen-bond acceptors (Lipinski definition) is 6. The summed E-state index contributed by atoms with van der Waals surface area (Å²) in [6.07, 6.45) is 1.46. The molecule has 0 atom stereocenters. The van der Waals surface area contributed by atoms with Crippen LogP contribution < -0.4 is 15.4 Å². The van der Waals surface area contributed by atoms with Crippen molar-refractivity contribution < 1.29 is 19.4 Å². The van der Waals surface area contributed by atoms with Gasteiger partial charge in [0.15, 0.2) is 0 Å². The fraction of sp³-hybridized carbons (Fsp3) is 0.206. The Kier molecular flexibility index (Phi) is 6.69. The number of carbonyl (C=O) groups is 2. The summed E-state index contributed by atoms with van der Waals surface area (Å²) in [4.78, 5) is 26.2. The van der Waals surface area contributed by atoms with Gasteiger partial charge in [-0.3, -0.25) is 4.79 Å². The fourth-order valence-electron chi connectivity index (χ4n) is 6.08. The third-order valence-corrected chi connectivity index (χ3v) is 7.95. The number of anilines is 2. The summed E-state index contributed by atoms with van der Waals surface area (Å²) >= 11 is 0. The average molecular weight is 561 g/mol. The summed E-state index contributed by atoms with van der Waals surface area (Å²) in [5.74, 6) is -0.116. The molecule has 42 heavy (non-hydrogen) atoms. The normalized spacial score (nSPS) is 14.4. The molecule has 1 spiro atoms. The number of hydrazone groups is 1. The topological polar surface area (TPSA) is 103 Å². The molecular formula is C34H32N4O4. The van der Waals surface area contributed by atoms with Gasteiger partial charge in [-0.05, 0) is 63.1 Å². The van der Waals surface area contributed by atoms with E-state index in [1.807, 2.05) is 64.1 Å². The van der Waals surface area contributed by atoms with Crippen LogP contribution in [0.3, 0.4) is 0 Å². The monoisotopic (exact) mass is 560 g/mol. The Morgan fingerprint density at radius 3 is 2.05 bits per heavy atom. The number of fused-ring (bicyclic) bond motifs is 6. The number of carboxylic acids is 1. The van der Waals surface area contributed by atoms with Crippen LogP contribution in [0, 0.1) is 13.8 Å². The number of hydrogen-bond donors (Lipinski definition) is 3. The van der Waals surface area contributed by atoms with E-state index in [-0.39, 0.29) is 11.5 Å². The van der Waals surface area contributed by atoms with Gasteiger partial charge in [-0.2, -0.15) is 5.10 Å². The molecule has 0 aliphatic carbocycles. The summed E-state index contributed by atoms with van der Waals surface area (Å²) in [5, 5.41) is 22.9. The number of aryl methyl sites for hydroxylation is 2. The van der Waals surface area contributed by atoms with E-state index < -0.39 is 11.5 Å². The SMILES string of the molecule is CCNc1cc2c(cc1C)C1(c3cc(C)c(NCC)cc3O2)c2ccccc2C(=O)N1/N=C/c1ccccc1C(=O)O. The van der Waals surface area contributed by atoms with Crippen molar-refractivity contribution in [3.05, 3.63) is 117 Å². The van der Waals surface area contributed by atoms with Gasteiger partial charge in [0.2, 0.25) is 0 Å². The Labute approximate surface area is 244 Å². The molecule has 4 aromatic carbocycles. The molecule has 0 radical (unpaired) electrons. The van der Waals surface area contributed by atoms with Gasteiger partial charge in [-0.1, -0.05) is 36.4 Å². The van der Waals surface area contributed by atoms with Crippen LogP contribution in [-0.4, -0.2) is 41.3 Å². The van der Waals surface area contributed by atoms with Crippen LogP contribution >= 0.6 is 0 Å². The smallest absolute Gasteiger partial charge is 0.336 e. The van der Waals surface area contributed by atoms with Crippen LogP contribution in [0.25, 0.3) is 0 Å². The van der Waals surface area contributed by atoms with Crippen molar-refractivity contribution in [1.82, 2.24) is 5.01 Å². The van der Waals surface area contributed by atoms with Gasteiger partial charge in [-0.15, -0.1) is 0 Å². The lowest BCUT2D eigenvalue weighted by molar-refractivity contribution is 0.0673. The van der Waals surface area contributed by atoms with Gasteiger partial charge in [0, 0.05) is 64.4 Å². The maximum absolute atomic E-state index is 14.3. The van der Waals surface area contributed by atoms with Crippen molar-refractivity contribution in [1.29, 1.82) is 0 Å². The summed E-state index contributed by atoms with van der Waals surface area (Å²) in [7, 11) is 0. The van der Waals surface area contributed by atoms with Crippen LogP contribution in [0.1, 0.15) is 67.9 Å². The van der Waals surface area contributed by atoms with Crippen molar-refractivity contribution in [3.63, 3.8) is 0 Å². The molecule has 0 bridgehead atoms. The molecule has 0 fully saturated rings. The molecule has 2 aliphatic heterocycles. The Morgan fingerprint density at radius 1 is 0.881 bits per heavy atom. The number of benzene rings is 4. The first-order valence-electron chi connectivity index (χ1n) is 14.1. The minimum Gasteiger partial charge on any atom is -0.478 e. The van der Waals surface area contributed by atoms with Gasteiger partial charge in [0.1, 0.15) is 17.0 Å². The highest BCUT2D eigenvalue weighted by Crippen LogP contribution is 2.59. The zero-order valence-electron chi connectivity index (χ0n) is 24.0. The number of amides is 1. The van der Waals surface area contributed by atoms with Crippen molar-refractivity contribution in [2.75, 3.05) is 23.7 Å². The third-order valence-electron chi connectivity index (χ3n) is 7.95. The third kappa shape index (κ3) is 4.02. The molecular weight excluding hydrogens is 528 g/mol. The van der Waals surface area contributed by atoms with Crippen LogP contribution in [0.15, 0.2) is 77.9 Å². The van der Waals surface area contributed by atoms with Gasteiger partial charge in [0.05, 0.1) is 11.8 Å². The van der Waals surface area contributed by atoms with E-state index >= 15 is 0 Å². The second-order valence-electron chi connectivity index (χ2n) is 10.5. The number of aromatic carboxylic acids is 1. The Morgan fingerprint density at radius 2 is 1.45 bits per heavy atom. The lowest BCUT2D eigenvalue weighted by atomic mass is 9.74. The standard InChI is InChI=1S/C34H32N4O4/c1-5-35-28-17-30-26(15-20(28)3)34(27-16-21(4)29(36-6-2)18-31(27)42-30)25-14-10-9-13-24(25)32(39)38(34)37-19-22-11-7-8-12-23(22)33(40)41/h7-19,35-36H,5-6H2,1-4H3,(H,40,41)/b37-19+. The Bertz CT molecular complexity index is 1720. The summed E-state index contributed by atoms with van der Waals surface area (Å²) < 4.78 is 6.61. The molecule has 0 saturated carbocycles. The fourth-order valence-corrected chi connectivity index (χ4v) is 6.08. The molecule has 6 rings (SSSR count). The number of ether oxygens (including phenoxy) is 1. The molecule has 0 saturated heterocycles. The lowest BCUT2D eigenvalue weighted by Crippen LogP contribution is -2.44. The number of carbonyl (C=O) groups excluding carboxylic acids is 1. The van der Waals surface area contributed by atoms with E-state index in [4.69, 9.17) is 9.84 Å². The van der Waals surface area contributed by atoms with Gasteiger partial charge >= 0.3 is 5.97 Å². The molecule has 212 valence electrons. The number of rotatable bonds is 7. The van der Waals surface area contributed by atoms with Crippen LogP contribution in [0.4, 0.5) is 11.4 Å². The summed E-state index contributed by atoms with van der Waals surface area (Å²) in [5.41, 5.74) is 6.11. The first-order chi connectivity index (χ1) is 20.3. The van der Waals surface area contributed by atoms with E-state index in [2.05, 4.69) is 22.8 Å². The van der Waals surface area contributed by atoms with E-state index in [0.717, 1.165) is 52.3 Å². The van der Waals surface area contributed by atoms with E-state index in [0.29, 0.717) is 22.6 Å². The molecule has 0 aromatic heterocycles. The molecule has 0 unspecified atom stereocenters. The first kappa shape index (κ1) is 27.1. The van der Waals surface area contributed by atoms with E-state index in [1.54, 1.807) is 18.2 Å². The summed E-state index contributed by atoms with van der Waals surface area (Å²) in [6.45, 7) is 9.62. The van der Waals surface area contributed by atoms with Crippen LogP contribution in [-0.2, 0) is 5.54 Å². The van der Waals surface area contributed by atoms with Crippen LogP contribution in [0.2, 0.25) is 0 Å². The van der Waals surface area contributed by atoms with Crippen LogP contribution in [0.5, 0.6) is 11.5 Å². The van der Waals surface area contributed by atoms with Gasteiger partial charge < -0.3 is 20.5 Å². The second kappa shape index (κ2) is 10.4. The average Bonchev–Trinajstić information content (AvgIpc) is 3.22. The molecule has 4 aromatic rings. The lowest BCUT2D eigenvalue weighted by Gasteiger charge is -2.42. The van der Waals surface area contributed by atoms with Crippen molar-refractivity contribution in [2.24, 2.45) is 5.10 Å². The molecule has 2 heterocycles. The molecule has 8 heteroatoms. The predicted molar refractivity (Wildman–Crippen MR) is 164 cm³/mol. The number of nitrogens with zero attached hydrogens (tertiary/aromatic N) is 2. The van der Waals surface area contributed by atoms with Crippen molar-refractivity contribution in [3.8, 4) is 11.5 Å². The first-order valence-corrected chi connectivity index (χ1v) is 14.1. The maximum Gasteiger partial charge on any atom is 0.336 e. The van der Waals surface area contributed by atoms with Crippen molar-refractivity contribution in [2.45, 2.75) is 33.2 Å². The summed E-state index contributed by atoms with van der Waals surface area (Å²) in [6, 6.07) is 22.3. The van der Waals surface area contributed by atoms with E-state index in [1.165, 1.54) is 17.3 Å². The zero-order valence-corrected chi connectivity index (χ0v) is 24.0. The highest BCUT2D eigenvalue weighted by molar-refractivity contribution is 6.04. The quantitative estimate of drug-likeness (QED) is 0.216. The Hall–Kier alpha value is -5.11. The Balaban J connectivity index is 1.68. The second-order valence-corrected chi connectivity index (χ2v) is 10.5. The molecule has 3 N–H and O–H groups in total. The predicted octanol–water partition coefficient (Wildman–Crippen LogP) is 6.75. The van der Waals surface area contributed by atoms with Crippen molar-refractivity contribution >= 4 is 29.5 Å². The number of carboxylic acid groups (broad SMARTS) is 1. The van der Waals surface area contributed by atoms with E-state index in [9.17, 15) is 14.7 Å². The highest BCUT2D eigenvalue weighted by Gasteiger charge is 2.57. The van der Waals surface area contributed by atoms with Gasteiger partial charge in [-0.25, -0.2) is 9.80 Å². The highest BCUT2D eigenvalue weighted by atomic mass is 16.5. The number of nitrogens with one attached hydrogen (secondary N) is 2. The largest absolute Gasteiger partial charge is 0.478 e. The maximum atomic E-state index is 14.3. The minimum atomic E-state index is -1.16. The molecule has 8 nitrogen and oxygen atoms in total. The van der Waals surface area contributed by atoms with Gasteiger partial charge in [0.25, 0.3) is 5.91 Å².